The van der Waals surface area contributed by atoms with Gasteiger partial charge in [-0.05, 0) is 53.6 Å². The van der Waals surface area contributed by atoms with Crippen molar-refractivity contribution in [1.82, 2.24) is 10.2 Å². The van der Waals surface area contributed by atoms with Crippen LogP contribution in [0.2, 0.25) is 0 Å². The van der Waals surface area contributed by atoms with Crippen molar-refractivity contribution in [3.8, 4) is 5.75 Å². The number of fused-ring (bicyclic) bond motifs is 1. The van der Waals surface area contributed by atoms with Crippen LogP contribution in [-0.2, 0) is 0 Å². The summed E-state index contributed by atoms with van der Waals surface area (Å²) >= 11 is 0. The van der Waals surface area contributed by atoms with Gasteiger partial charge in [0, 0.05) is 36.4 Å². The first-order valence-electron chi connectivity index (χ1n) is 11.1. The van der Waals surface area contributed by atoms with Gasteiger partial charge in [0.25, 0.3) is 5.91 Å². The van der Waals surface area contributed by atoms with Crippen LogP contribution >= 0.6 is 0 Å². The van der Waals surface area contributed by atoms with Gasteiger partial charge in [0.2, 0.25) is 0 Å². The van der Waals surface area contributed by atoms with Crippen LogP contribution in [0.3, 0.4) is 0 Å². The molecule has 32 heavy (non-hydrogen) atoms. The average molecular weight is 430 g/mol. The highest BCUT2D eigenvalue weighted by Crippen LogP contribution is 2.54. The third-order valence-corrected chi connectivity index (χ3v) is 6.90. The van der Waals surface area contributed by atoms with Crippen LogP contribution in [0.25, 0.3) is 10.8 Å². The van der Waals surface area contributed by atoms with Crippen LogP contribution in [0.5, 0.6) is 5.75 Å². The van der Waals surface area contributed by atoms with E-state index in [0.29, 0.717) is 18.8 Å². The molecular weight excluding hydrogens is 402 g/mol. The number of nitrogens with one attached hydrogen (secondary N) is 2. The zero-order valence-electron chi connectivity index (χ0n) is 18.1. The number of hydrogen-bond donors (Lipinski definition) is 2. The zero-order valence-corrected chi connectivity index (χ0v) is 18.1. The molecule has 3 aromatic rings. The van der Waals surface area contributed by atoms with Crippen molar-refractivity contribution in [1.29, 1.82) is 0 Å². The molecule has 3 amide bonds. The molecule has 1 atom stereocenters. The summed E-state index contributed by atoms with van der Waals surface area (Å²) in [6.45, 7) is 1.38. The quantitative estimate of drug-likeness (QED) is 0.633. The Morgan fingerprint density at radius 2 is 1.75 bits per heavy atom. The third kappa shape index (κ3) is 3.88. The van der Waals surface area contributed by atoms with E-state index in [1.54, 1.807) is 7.11 Å². The predicted molar refractivity (Wildman–Crippen MR) is 125 cm³/mol. The lowest BCUT2D eigenvalue weighted by molar-refractivity contribution is 0.0939. The SMILES string of the molecule is COc1cccc(NC(=O)N2CCC3(CC2)CC3NC(=O)c2cccc3ccccc23)c1. The average Bonchev–Trinajstić information content (AvgIpc) is 3.49. The van der Waals surface area contributed by atoms with Crippen LogP contribution in [0.15, 0.2) is 66.7 Å². The largest absolute Gasteiger partial charge is 0.497 e. The maximum absolute atomic E-state index is 13.0. The van der Waals surface area contributed by atoms with Crippen LogP contribution in [0, 0.1) is 5.41 Å². The van der Waals surface area contributed by atoms with Crippen molar-refractivity contribution in [2.24, 2.45) is 5.41 Å². The fourth-order valence-electron chi connectivity index (χ4n) is 4.82. The molecule has 5 rings (SSSR count). The number of benzene rings is 3. The summed E-state index contributed by atoms with van der Waals surface area (Å²) in [6, 6.07) is 21.3. The van der Waals surface area contributed by atoms with E-state index < -0.39 is 0 Å². The number of rotatable bonds is 4. The summed E-state index contributed by atoms with van der Waals surface area (Å²) in [5.74, 6) is 0.699. The number of likely N-dealkylation sites (tertiary alicyclic amines) is 1. The first-order valence-corrected chi connectivity index (χ1v) is 11.1. The van der Waals surface area contributed by atoms with E-state index in [1.807, 2.05) is 71.6 Å². The second-order valence-corrected chi connectivity index (χ2v) is 8.77. The number of carbonyl (C=O) groups is 2. The fourth-order valence-corrected chi connectivity index (χ4v) is 4.82. The van der Waals surface area contributed by atoms with E-state index in [-0.39, 0.29) is 23.4 Å². The van der Waals surface area contributed by atoms with Crippen LogP contribution in [-0.4, -0.2) is 43.1 Å². The van der Waals surface area contributed by atoms with Gasteiger partial charge in [-0.3, -0.25) is 4.79 Å². The molecule has 0 aromatic heterocycles. The number of hydrogen-bond acceptors (Lipinski definition) is 3. The molecule has 2 fully saturated rings. The van der Waals surface area contributed by atoms with Gasteiger partial charge < -0.3 is 20.3 Å². The van der Waals surface area contributed by atoms with Gasteiger partial charge in [-0.25, -0.2) is 4.79 Å². The van der Waals surface area contributed by atoms with E-state index in [1.165, 1.54) is 0 Å². The van der Waals surface area contributed by atoms with Gasteiger partial charge in [0.05, 0.1) is 7.11 Å². The maximum atomic E-state index is 13.0. The minimum Gasteiger partial charge on any atom is -0.497 e. The molecule has 164 valence electrons. The Bertz CT molecular complexity index is 1160. The van der Waals surface area contributed by atoms with Crippen molar-refractivity contribution in [2.75, 3.05) is 25.5 Å². The molecule has 0 bridgehead atoms. The normalized spacial score (nSPS) is 18.9. The molecule has 1 spiro atoms. The molecular formula is C26H27N3O3. The molecule has 2 N–H and O–H groups in total. The van der Waals surface area contributed by atoms with Gasteiger partial charge in [0.1, 0.15) is 5.75 Å². The number of anilines is 1. The van der Waals surface area contributed by atoms with Crippen molar-refractivity contribution in [3.63, 3.8) is 0 Å². The van der Waals surface area contributed by atoms with E-state index >= 15 is 0 Å². The number of piperidine rings is 1. The fraction of sp³-hybridized carbons (Fsp3) is 0.308. The highest BCUT2D eigenvalue weighted by molar-refractivity contribution is 6.07. The second kappa shape index (κ2) is 8.19. The zero-order chi connectivity index (χ0) is 22.1. The summed E-state index contributed by atoms with van der Waals surface area (Å²) in [7, 11) is 1.61. The minimum absolute atomic E-state index is 0.0122. The van der Waals surface area contributed by atoms with Gasteiger partial charge in [-0.15, -0.1) is 0 Å². The van der Waals surface area contributed by atoms with Crippen LogP contribution in [0.1, 0.15) is 29.6 Å². The Hall–Kier alpha value is -3.54. The monoisotopic (exact) mass is 429 g/mol. The van der Waals surface area contributed by atoms with Crippen molar-refractivity contribution in [3.05, 3.63) is 72.3 Å². The Balaban J connectivity index is 1.17. The Kier molecular flexibility index (Phi) is 5.21. The van der Waals surface area contributed by atoms with Crippen molar-refractivity contribution >= 4 is 28.4 Å². The van der Waals surface area contributed by atoms with E-state index in [2.05, 4.69) is 10.6 Å². The standard InChI is InChI=1S/C26H27N3O3/c1-32-20-9-5-8-19(16-20)27-25(31)29-14-12-26(13-15-29)17-23(26)28-24(30)22-11-4-7-18-6-2-3-10-21(18)22/h2-11,16,23H,12-15,17H2,1H3,(H,27,31)(H,28,30). The summed E-state index contributed by atoms with van der Waals surface area (Å²) in [6.07, 6.45) is 2.78. The molecule has 0 radical (unpaired) electrons. The first kappa shape index (κ1) is 20.4. The Labute approximate surface area is 187 Å². The molecule has 1 unspecified atom stereocenters. The lowest BCUT2D eigenvalue weighted by Gasteiger charge is -2.33. The molecule has 1 aliphatic carbocycles. The Morgan fingerprint density at radius 1 is 1.00 bits per heavy atom. The summed E-state index contributed by atoms with van der Waals surface area (Å²) in [4.78, 5) is 27.5. The van der Waals surface area contributed by atoms with Gasteiger partial charge in [-0.1, -0.05) is 42.5 Å². The predicted octanol–water partition coefficient (Wildman–Crippen LogP) is 4.66. The van der Waals surface area contributed by atoms with Crippen molar-refractivity contribution in [2.45, 2.75) is 25.3 Å². The lowest BCUT2D eigenvalue weighted by Crippen LogP contribution is -2.43. The van der Waals surface area contributed by atoms with Crippen molar-refractivity contribution < 1.29 is 14.3 Å². The number of methoxy groups -OCH3 is 1. The third-order valence-electron chi connectivity index (χ3n) is 6.90. The highest BCUT2D eigenvalue weighted by atomic mass is 16.5. The van der Waals surface area contributed by atoms with Crippen LogP contribution < -0.4 is 15.4 Å². The lowest BCUT2D eigenvalue weighted by atomic mass is 9.92. The van der Waals surface area contributed by atoms with Crippen LogP contribution in [0.4, 0.5) is 10.5 Å². The molecule has 1 aliphatic heterocycles. The van der Waals surface area contributed by atoms with E-state index in [0.717, 1.165) is 41.3 Å². The van der Waals surface area contributed by atoms with Gasteiger partial charge in [0.15, 0.2) is 0 Å². The number of amides is 3. The van der Waals surface area contributed by atoms with E-state index in [4.69, 9.17) is 4.74 Å². The molecule has 1 saturated carbocycles. The molecule has 6 nitrogen and oxygen atoms in total. The summed E-state index contributed by atoms with van der Waals surface area (Å²) in [5.41, 5.74) is 1.56. The number of carbonyl (C=O) groups excluding carboxylic acids is 2. The Morgan fingerprint density at radius 3 is 2.56 bits per heavy atom. The molecule has 2 aliphatic rings. The number of urea groups is 1. The molecule has 3 aromatic carbocycles. The molecule has 6 heteroatoms. The minimum atomic E-state index is -0.0925. The topological polar surface area (TPSA) is 70.7 Å². The number of nitrogens with zero attached hydrogens (tertiary/aromatic N) is 1. The maximum Gasteiger partial charge on any atom is 0.321 e. The smallest absolute Gasteiger partial charge is 0.321 e. The van der Waals surface area contributed by atoms with E-state index in [9.17, 15) is 9.59 Å². The first-order chi connectivity index (χ1) is 15.6. The van der Waals surface area contributed by atoms with Gasteiger partial charge in [-0.2, -0.15) is 0 Å². The summed E-state index contributed by atoms with van der Waals surface area (Å²) < 4.78 is 5.22. The summed E-state index contributed by atoms with van der Waals surface area (Å²) in [5, 5.41) is 8.25. The molecule has 1 saturated heterocycles. The highest BCUT2D eigenvalue weighted by Gasteiger charge is 2.56. The molecule has 1 heterocycles. The number of ether oxygens (including phenoxy) is 1. The second-order valence-electron chi connectivity index (χ2n) is 8.77. The van der Waals surface area contributed by atoms with Gasteiger partial charge >= 0.3 is 6.03 Å².